The number of carbonyl (C=O) groups is 1. The molecule has 2 saturated carbocycles. The van der Waals surface area contributed by atoms with Crippen molar-refractivity contribution < 1.29 is 15.0 Å². The number of fused-ring (bicyclic) bond motifs is 5. The molecule has 0 saturated heterocycles. The highest BCUT2D eigenvalue weighted by Gasteiger charge is 2.56. The van der Waals surface area contributed by atoms with Gasteiger partial charge in [-0.15, -0.1) is 0 Å². The molecular weight excluding hydrogens is 422 g/mol. The van der Waals surface area contributed by atoms with Crippen molar-refractivity contribution in [3.05, 3.63) is 41.5 Å². The van der Waals surface area contributed by atoms with E-state index in [0.29, 0.717) is 35.8 Å². The van der Waals surface area contributed by atoms with E-state index >= 15 is 0 Å². The van der Waals surface area contributed by atoms with Crippen LogP contribution in [0.4, 0.5) is 0 Å². The van der Waals surface area contributed by atoms with Crippen molar-refractivity contribution in [2.24, 2.45) is 23.2 Å². The van der Waals surface area contributed by atoms with Crippen molar-refractivity contribution in [3.63, 3.8) is 0 Å². The highest BCUT2D eigenvalue weighted by Crippen LogP contribution is 2.62. The van der Waals surface area contributed by atoms with Crippen LogP contribution in [0.5, 0.6) is 5.75 Å². The lowest BCUT2D eigenvalue weighted by Gasteiger charge is -2.53. The van der Waals surface area contributed by atoms with Crippen molar-refractivity contribution in [1.29, 1.82) is 0 Å². The van der Waals surface area contributed by atoms with Crippen LogP contribution < -0.4 is 5.32 Å². The smallest absolute Gasteiger partial charge is 0.220 e. The van der Waals surface area contributed by atoms with Gasteiger partial charge in [0.05, 0.1) is 6.10 Å². The fourth-order valence-corrected chi connectivity index (χ4v) is 7.45. The molecule has 0 heterocycles. The summed E-state index contributed by atoms with van der Waals surface area (Å²) in [5.74, 6) is 2.95. The first-order valence-corrected chi connectivity index (χ1v) is 13.9. The lowest BCUT2D eigenvalue weighted by atomic mass is 9.52. The lowest BCUT2D eigenvalue weighted by molar-refractivity contribution is -0.121. The minimum absolute atomic E-state index is 0.0708. The van der Waals surface area contributed by atoms with Gasteiger partial charge in [-0.2, -0.15) is 0 Å². The summed E-state index contributed by atoms with van der Waals surface area (Å²) in [6.45, 7) is 5.27. The summed E-state index contributed by atoms with van der Waals surface area (Å²) in [6, 6.07) is 6.03. The predicted molar refractivity (Wildman–Crippen MR) is 138 cm³/mol. The first kappa shape index (κ1) is 25.3. The van der Waals surface area contributed by atoms with Gasteiger partial charge in [-0.05, 0) is 117 Å². The number of aliphatic hydroxyl groups excluding tert-OH is 1. The topological polar surface area (TPSA) is 69.6 Å². The first-order valence-electron chi connectivity index (χ1n) is 13.9. The first-order chi connectivity index (χ1) is 16.4. The van der Waals surface area contributed by atoms with Gasteiger partial charge in [-0.3, -0.25) is 4.79 Å². The molecule has 4 rings (SSSR count). The standard InChI is InChI=1S/C30H45NO3/c1-3-4-18-31-28(34)11-9-7-5-6-8-10-21-19-22-20-23(32)12-13-24(22)25-16-17-30(2)26(29(21)25)14-15-27(30)33/h5-6,12-13,20-21,25-27,29,32-33H,3-4,7-11,14-19H2,1-2H3,(H,31,34)/t21-,25?,26?,27+,29?,30+/m1/s1. The average Bonchev–Trinajstić information content (AvgIpc) is 3.12. The number of benzene rings is 1. The van der Waals surface area contributed by atoms with E-state index in [4.69, 9.17) is 0 Å². The van der Waals surface area contributed by atoms with Crippen LogP contribution in [0, 0.1) is 23.2 Å². The van der Waals surface area contributed by atoms with E-state index in [1.807, 2.05) is 12.1 Å². The maximum atomic E-state index is 11.8. The highest BCUT2D eigenvalue weighted by atomic mass is 16.3. The Morgan fingerprint density at radius 3 is 2.82 bits per heavy atom. The number of carbonyl (C=O) groups excluding carboxylic acids is 1. The van der Waals surface area contributed by atoms with E-state index in [9.17, 15) is 15.0 Å². The summed E-state index contributed by atoms with van der Waals surface area (Å²) in [5, 5.41) is 23.9. The largest absolute Gasteiger partial charge is 0.508 e. The second-order valence-corrected chi connectivity index (χ2v) is 11.4. The molecule has 0 aromatic heterocycles. The summed E-state index contributed by atoms with van der Waals surface area (Å²) < 4.78 is 0. The monoisotopic (exact) mass is 467 g/mol. The molecule has 3 N–H and O–H groups in total. The number of hydrogen-bond donors (Lipinski definition) is 3. The summed E-state index contributed by atoms with van der Waals surface area (Å²) in [4.78, 5) is 11.8. The molecule has 0 spiro atoms. The van der Waals surface area contributed by atoms with Crippen molar-refractivity contribution >= 4 is 5.91 Å². The van der Waals surface area contributed by atoms with Gasteiger partial charge in [0.2, 0.25) is 5.91 Å². The summed E-state index contributed by atoms with van der Waals surface area (Å²) in [5.41, 5.74) is 2.86. The third-order valence-corrected chi connectivity index (χ3v) is 9.33. The number of aliphatic hydroxyl groups is 1. The Labute approximate surface area is 206 Å². The second-order valence-electron chi connectivity index (χ2n) is 11.4. The van der Waals surface area contributed by atoms with E-state index in [-0.39, 0.29) is 17.4 Å². The number of aromatic hydroxyl groups is 1. The molecule has 1 aromatic rings. The summed E-state index contributed by atoms with van der Waals surface area (Å²) in [6.07, 6.45) is 16.7. The van der Waals surface area contributed by atoms with Crippen LogP contribution in [0.3, 0.4) is 0 Å². The molecule has 2 fully saturated rings. The molecule has 3 unspecified atom stereocenters. The van der Waals surface area contributed by atoms with Crippen LogP contribution in [0.1, 0.15) is 102 Å². The minimum Gasteiger partial charge on any atom is -0.508 e. The second kappa shape index (κ2) is 11.3. The Hall–Kier alpha value is -1.81. The molecule has 34 heavy (non-hydrogen) atoms. The van der Waals surface area contributed by atoms with Crippen molar-refractivity contribution in [2.75, 3.05) is 6.54 Å². The Bertz CT molecular complexity index is 865. The maximum absolute atomic E-state index is 11.8. The van der Waals surface area contributed by atoms with E-state index in [0.717, 1.165) is 77.2 Å². The summed E-state index contributed by atoms with van der Waals surface area (Å²) >= 11 is 0. The van der Waals surface area contributed by atoms with E-state index in [1.54, 1.807) is 0 Å². The van der Waals surface area contributed by atoms with Gasteiger partial charge in [0.1, 0.15) is 5.75 Å². The Kier molecular flexibility index (Phi) is 8.39. The average molecular weight is 468 g/mol. The molecule has 0 aliphatic heterocycles. The van der Waals surface area contributed by atoms with Crippen LogP contribution in [0.15, 0.2) is 30.4 Å². The van der Waals surface area contributed by atoms with Gasteiger partial charge in [0, 0.05) is 13.0 Å². The Morgan fingerprint density at radius 1 is 1.18 bits per heavy atom. The van der Waals surface area contributed by atoms with Crippen LogP contribution in [-0.4, -0.2) is 28.8 Å². The van der Waals surface area contributed by atoms with Crippen molar-refractivity contribution in [1.82, 2.24) is 5.32 Å². The van der Waals surface area contributed by atoms with E-state index < -0.39 is 0 Å². The van der Waals surface area contributed by atoms with Crippen LogP contribution in [-0.2, 0) is 11.2 Å². The molecule has 0 bridgehead atoms. The molecule has 1 aromatic carbocycles. The molecule has 4 nitrogen and oxygen atoms in total. The number of amides is 1. The molecule has 1 amide bonds. The van der Waals surface area contributed by atoms with Gasteiger partial charge in [-0.1, -0.05) is 38.5 Å². The SMILES string of the molecule is CCCCNC(=O)CCCC=CCC[C@@H]1Cc2cc(O)ccc2C2CC[C@@]3(C)C(CC[C@@H]3O)C21. The zero-order valence-electron chi connectivity index (χ0n) is 21.3. The van der Waals surface area contributed by atoms with Crippen LogP contribution in [0.2, 0.25) is 0 Å². The Morgan fingerprint density at radius 2 is 2.00 bits per heavy atom. The van der Waals surface area contributed by atoms with Gasteiger partial charge in [0.15, 0.2) is 0 Å². The number of phenolic OH excluding ortho intramolecular Hbond substituents is 1. The zero-order valence-corrected chi connectivity index (χ0v) is 21.3. The number of nitrogens with one attached hydrogen (secondary N) is 1. The molecule has 6 atom stereocenters. The quantitative estimate of drug-likeness (QED) is 0.281. The number of hydrogen-bond acceptors (Lipinski definition) is 3. The normalized spacial score (nSPS) is 32.3. The fourth-order valence-electron chi connectivity index (χ4n) is 7.45. The third-order valence-electron chi connectivity index (χ3n) is 9.33. The predicted octanol–water partition coefficient (Wildman–Crippen LogP) is 6.26. The highest BCUT2D eigenvalue weighted by molar-refractivity contribution is 5.75. The number of phenols is 1. The van der Waals surface area contributed by atoms with Gasteiger partial charge >= 0.3 is 0 Å². The molecule has 3 aliphatic rings. The summed E-state index contributed by atoms with van der Waals surface area (Å²) in [7, 11) is 0. The lowest BCUT2D eigenvalue weighted by Crippen LogP contribution is -2.47. The van der Waals surface area contributed by atoms with Gasteiger partial charge in [-0.25, -0.2) is 0 Å². The minimum atomic E-state index is -0.153. The van der Waals surface area contributed by atoms with E-state index in [1.165, 1.54) is 11.1 Å². The molecule has 188 valence electrons. The van der Waals surface area contributed by atoms with Crippen molar-refractivity contribution in [2.45, 2.75) is 103 Å². The molecular formula is C30H45NO3. The Balaban J connectivity index is 1.35. The van der Waals surface area contributed by atoms with E-state index in [2.05, 4.69) is 37.4 Å². The molecule has 4 heteroatoms. The molecule has 0 radical (unpaired) electrons. The van der Waals surface area contributed by atoms with Crippen LogP contribution in [0.25, 0.3) is 0 Å². The van der Waals surface area contributed by atoms with Crippen molar-refractivity contribution in [3.8, 4) is 5.75 Å². The van der Waals surface area contributed by atoms with Gasteiger partial charge in [0.25, 0.3) is 0 Å². The van der Waals surface area contributed by atoms with Gasteiger partial charge < -0.3 is 15.5 Å². The molecule has 3 aliphatic carbocycles. The fraction of sp³-hybridized carbons (Fsp3) is 0.700. The maximum Gasteiger partial charge on any atom is 0.220 e. The zero-order chi connectivity index (χ0) is 24.1. The number of rotatable bonds is 10. The number of allylic oxidation sites excluding steroid dienone is 2. The third kappa shape index (κ3) is 5.37. The number of unbranched alkanes of at least 4 members (excludes halogenated alkanes) is 2. The van der Waals surface area contributed by atoms with Crippen LogP contribution >= 0.6 is 0 Å².